The summed E-state index contributed by atoms with van der Waals surface area (Å²) < 4.78 is 5.79. The number of pyridine rings is 1. The predicted octanol–water partition coefficient (Wildman–Crippen LogP) is 1.03. The van der Waals surface area contributed by atoms with E-state index in [0.717, 1.165) is 24.5 Å². The molecule has 4 heteroatoms. The van der Waals surface area contributed by atoms with E-state index >= 15 is 0 Å². The summed E-state index contributed by atoms with van der Waals surface area (Å²) in [5, 5.41) is 0. The molecule has 15 heavy (non-hydrogen) atoms. The van der Waals surface area contributed by atoms with Crippen LogP contribution in [0.15, 0.2) is 18.5 Å². The van der Waals surface area contributed by atoms with Gasteiger partial charge in [-0.3, -0.25) is 4.98 Å². The summed E-state index contributed by atoms with van der Waals surface area (Å²) >= 11 is 0. The van der Waals surface area contributed by atoms with Gasteiger partial charge in [-0.2, -0.15) is 0 Å². The van der Waals surface area contributed by atoms with Crippen LogP contribution in [-0.4, -0.2) is 30.3 Å². The lowest BCUT2D eigenvalue weighted by Crippen LogP contribution is -2.42. The second-order valence-corrected chi connectivity index (χ2v) is 4.30. The predicted molar refractivity (Wildman–Crippen MR) is 58.8 cm³/mol. The minimum atomic E-state index is 0.399. The molecule has 0 amide bonds. The van der Waals surface area contributed by atoms with Crippen molar-refractivity contribution in [3.05, 3.63) is 18.5 Å². The Morgan fingerprint density at radius 3 is 2.73 bits per heavy atom. The van der Waals surface area contributed by atoms with Crippen molar-refractivity contribution in [1.82, 2.24) is 4.98 Å². The molecule has 0 radical (unpaired) electrons. The maximum atomic E-state index is 5.92. The molecule has 2 unspecified atom stereocenters. The zero-order valence-electron chi connectivity index (χ0n) is 8.60. The smallest absolute Gasteiger partial charge is 0.0755 e. The molecule has 80 valence electrons. The number of rotatable bonds is 1. The first-order valence-electron chi connectivity index (χ1n) is 5.43. The number of ether oxygens (including phenoxy) is 1. The molecule has 3 rings (SSSR count). The van der Waals surface area contributed by atoms with Gasteiger partial charge in [0.15, 0.2) is 0 Å². The maximum absolute atomic E-state index is 5.92. The average molecular weight is 205 g/mol. The zero-order valence-corrected chi connectivity index (χ0v) is 8.60. The van der Waals surface area contributed by atoms with Gasteiger partial charge in [-0.1, -0.05) is 0 Å². The molecule has 0 saturated carbocycles. The highest BCUT2D eigenvalue weighted by Crippen LogP contribution is 2.31. The van der Waals surface area contributed by atoms with Crippen LogP contribution in [0.25, 0.3) is 0 Å². The van der Waals surface area contributed by atoms with E-state index in [-0.39, 0.29) is 0 Å². The second kappa shape index (κ2) is 3.38. The van der Waals surface area contributed by atoms with E-state index in [1.54, 1.807) is 12.4 Å². The molecule has 0 aliphatic carbocycles. The first-order valence-corrected chi connectivity index (χ1v) is 5.43. The minimum absolute atomic E-state index is 0.399. The summed E-state index contributed by atoms with van der Waals surface area (Å²) in [7, 11) is 0. The molecule has 2 atom stereocenters. The van der Waals surface area contributed by atoms with E-state index in [0.29, 0.717) is 12.2 Å². The van der Waals surface area contributed by atoms with Crippen molar-refractivity contribution in [2.24, 2.45) is 0 Å². The number of fused-ring (bicyclic) bond motifs is 2. The van der Waals surface area contributed by atoms with Crippen molar-refractivity contribution < 1.29 is 4.74 Å². The standard InChI is InChI=1S/C11H15N3O/c12-10-5-13-4-3-11(10)14-6-8-1-2-9(7-14)15-8/h3-5,8-9H,1-2,6-7,12H2. The summed E-state index contributed by atoms with van der Waals surface area (Å²) in [6, 6.07) is 1.99. The zero-order chi connectivity index (χ0) is 10.3. The molecule has 2 saturated heterocycles. The third kappa shape index (κ3) is 1.55. The molecule has 2 N–H and O–H groups in total. The number of morpholine rings is 1. The van der Waals surface area contributed by atoms with Crippen molar-refractivity contribution in [3.8, 4) is 0 Å². The molecular weight excluding hydrogens is 190 g/mol. The third-order valence-corrected chi connectivity index (χ3v) is 3.21. The Morgan fingerprint density at radius 2 is 2.07 bits per heavy atom. The molecule has 1 aromatic rings. The van der Waals surface area contributed by atoms with E-state index in [9.17, 15) is 0 Å². The summed E-state index contributed by atoms with van der Waals surface area (Å²) in [5.74, 6) is 0. The van der Waals surface area contributed by atoms with Crippen LogP contribution < -0.4 is 10.6 Å². The van der Waals surface area contributed by atoms with Crippen molar-refractivity contribution in [2.75, 3.05) is 23.7 Å². The van der Waals surface area contributed by atoms with Gasteiger partial charge in [0.1, 0.15) is 0 Å². The second-order valence-electron chi connectivity index (χ2n) is 4.30. The lowest BCUT2D eigenvalue weighted by molar-refractivity contribution is 0.0305. The van der Waals surface area contributed by atoms with E-state index in [1.165, 1.54) is 12.8 Å². The molecule has 3 heterocycles. The van der Waals surface area contributed by atoms with Gasteiger partial charge >= 0.3 is 0 Å². The van der Waals surface area contributed by atoms with Crippen LogP contribution in [0.4, 0.5) is 11.4 Å². The molecule has 1 aromatic heterocycles. The fourth-order valence-corrected chi connectivity index (χ4v) is 2.50. The van der Waals surface area contributed by atoms with Crippen LogP contribution in [0.1, 0.15) is 12.8 Å². The van der Waals surface area contributed by atoms with Gasteiger partial charge < -0.3 is 15.4 Å². The molecular formula is C11H15N3O. The van der Waals surface area contributed by atoms with Crippen molar-refractivity contribution in [1.29, 1.82) is 0 Å². The van der Waals surface area contributed by atoms with Gasteiger partial charge in [0.2, 0.25) is 0 Å². The Kier molecular flexibility index (Phi) is 2.02. The van der Waals surface area contributed by atoms with E-state index in [4.69, 9.17) is 10.5 Å². The van der Waals surface area contributed by atoms with Crippen LogP contribution in [0.5, 0.6) is 0 Å². The first kappa shape index (κ1) is 8.97. The highest BCUT2D eigenvalue weighted by Gasteiger charge is 2.34. The number of hydrogen-bond donors (Lipinski definition) is 1. The van der Waals surface area contributed by atoms with Crippen LogP contribution >= 0.6 is 0 Å². The molecule has 0 aromatic carbocycles. The van der Waals surface area contributed by atoms with Crippen molar-refractivity contribution >= 4 is 11.4 Å². The number of nitrogens with zero attached hydrogens (tertiary/aromatic N) is 2. The van der Waals surface area contributed by atoms with Gasteiger partial charge in [-0.05, 0) is 18.9 Å². The lowest BCUT2D eigenvalue weighted by Gasteiger charge is -2.34. The van der Waals surface area contributed by atoms with Crippen LogP contribution in [0, 0.1) is 0 Å². The summed E-state index contributed by atoms with van der Waals surface area (Å²) in [4.78, 5) is 6.33. The van der Waals surface area contributed by atoms with Crippen molar-refractivity contribution in [2.45, 2.75) is 25.0 Å². The van der Waals surface area contributed by atoms with Gasteiger partial charge in [-0.25, -0.2) is 0 Å². The quantitative estimate of drug-likeness (QED) is 0.744. The molecule has 4 nitrogen and oxygen atoms in total. The largest absolute Gasteiger partial charge is 0.396 e. The average Bonchev–Trinajstić information content (AvgIpc) is 2.58. The Labute approximate surface area is 89.0 Å². The Bertz CT molecular complexity index is 357. The highest BCUT2D eigenvalue weighted by atomic mass is 16.5. The number of aromatic nitrogens is 1. The number of nitrogen functional groups attached to an aromatic ring is 1. The van der Waals surface area contributed by atoms with Gasteiger partial charge in [0, 0.05) is 19.3 Å². The lowest BCUT2D eigenvalue weighted by atomic mass is 10.2. The van der Waals surface area contributed by atoms with Crippen molar-refractivity contribution in [3.63, 3.8) is 0 Å². The molecule has 2 fully saturated rings. The van der Waals surface area contributed by atoms with Gasteiger partial charge in [0.25, 0.3) is 0 Å². The third-order valence-electron chi connectivity index (χ3n) is 3.21. The number of nitrogens with two attached hydrogens (primary N) is 1. The topological polar surface area (TPSA) is 51.4 Å². The fourth-order valence-electron chi connectivity index (χ4n) is 2.50. The van der Waals surface area contributed by atoms with Crippen LogP contribution in [0.2, 0.25) is 0 Å². The molecule has 2 aliphatic rings. The van der Waals surface area contributed by atoms with Crippen LogP contribution in [-0.2, 0) is 4.74 Å². The SMILES string of the molecule is Nc1cnccc1N1CC2CCC(C1)O2. The number of hydrogen-bond acceptors (Lipinski definition) is 4. The van der Waals surface area contributed by atoms with Crippen LogP contribution in [0.3, 0.4) is 0 Å². The summed E-state index contributed by atoms with van der Waals surface area (Å²) in [6.07, 6.45) is 6.68. The Hall–Kier alpha value is -1.29. The Balaban J connectivity index is 1.86. The molecule has 0 spiro atoms. The fraction of sp³-hybridized carbons (Fsp3) is 0.545. The normalized spacial score (nSPS) is 29.5. The van der Waals surface area contributed by atoms with Gasteiger partial charge in [-0.15, -0.1) is 0 Å². The molecule has 2 bridgehead atoms. The van der Waals surface area contributed by atoms with E-state index in [2.05, 4.69) is 9.88 Å². The minimum Gasteiger partial charge on any atom is -0.396 e. The summed E-state index contributed by atoms with van der Waals surface area (Å²) in [6.45, 7) is 1.93. The number of anilines is 2. The Morgan fingerprint density at radius 1 is 1.33 bits per heavy atom. The first-order chi connectivity index (χ1) is 7.33. The molecule has 2 aliphatic heterocycles. The monoisotopic (exact) mass is 205 g/mol. The highest BCUT2D eigenvalue weighted by molar-refractivity contribution is 5.66. The van der Waals surface area contributed by atoms with Gasteiger partial charge in [0.05, 0.1) is 29.8 Å². The summed E-state index contributed by atoms with van der Waals surface area (Å²) in [5.41, 5.74) is 7.78. The maximum Gasteiger partial charge on any atom is 0.0755 e. The van der Waals surface area contributed by atoms with E-state index < -0.39 is 0 Å². The van der Waals surface area contributed by atoms with E-state index in [1.807, 2.05) is 6.07 Å².